The Morgan fingerprint density at radius 3 is 3.04 bits per heavy atom. The summed E-state index contributed by atoms with van der Waals surface area (Å²) in [6, 6.07) is 8.44. The average Bonchev–Trinajstić information content (AvgIpc) is 2.46. The number of ether oxygens (including phenoxy) is 1. The van der Waals surface area contributed by atoms with Crippen LogP contribution >= 0.6 is 15.9 Å². The molecule has 1 aromatic rings. The first-order valence-electron chi connectivity index (χ1n) is 7.94. The van der Waals surface area contributed by atoms with Gasteiger partial charge in [0.1, 0.15) is 0 Å². The van der Waals surface area contributed by atoms with E-state index in [0.29, 0.717) is 19.1 Å². The zero-order chi connectivity index (χ0) is 16.8. The Bertz CT molecular complexity index is 526. The minimum Gasteiger partial charge on any atom is -0.480 e. The van der Waals surface area contributed by atoms with E-state index in [1.807, 2.05) is 13.1 Å². The van der Waals surface area contributed by atoms with E-state index < -0.39 is 5.97 Å². The lowest BCUT2D eigenvalue weighted by Crippen LogP contribution is -2.48. The summed E-state index contributed by atoms with van der Waals surface area (Å²) in [6.45, 7) is 6.40. The third kappa shape index (κ3) is 6.22. The zero-order valence-corrected chi connectivity index (χ0v) is 15.3. The maximum atomic E-state index is 10.7. The number of hydrogen-bond acceptors (Lipinski definition) is 4. The summed E-state index contributed by atoms with van der Waals surface area (Å²) in [5.41, 5.74) is 1.32. The van der Waals surface area contributed by atoms with Gasteiger partial charge in [-0.25, -0.2) is 0 Å². The molecule has 128 valence electrons. The highest BCUT2D eigenvalue weighted by Crippen LogP contribution is 2.21. The summed E-state index contributed by atoms with van der Waals surface area (Å²) >= 11 is 3.52. The van der Waals surface area contributed by atoms with Crippen LogP contribution in [0.1, 0.15) is 18.4 Å². The van der Waals surface area contributed by atoms with Crippen molar-refractivity contribution in [1.82, 2.24) is 9.80 Å². The third-order valence-electron chi connectivity index (χ3n) is 4.09. The van der Waals surface area contributed by atoms with Crippen molar-refractivity contribution in [3.8, 4) is 0 Å². The van der Waals surface area contributed by atoms with E-state index in [1.165, 1.54) is 5.56 Å². The lowest BCUT2D eigenvalue weighted by Gasteiger charge is -2.36. The number of carbonyl (C=O) groups is 1. The van der Waals surface area contributed by atoms with E-state index in [2.05, 4.69) is 46.0 Å². The van der Waals surface area contributed by atoms with Gasteiger partial charge in [0.05, 0.1) is 19.3 Å². The summed E-state index contributed by atoms with van der Waals surface area (Å²) < 4.78 is 6.89. The summed E-state index contributed by atoms with van der Waals surface area (Å²) in [5, 5.41) is 8.84. The lowest BCUT2D eigenvalue weighted by molar-refractivity contribution is -0.138. The van der Waals surface area contributed by atoms with E-state index in [1.54, 1.807) is 4.90 Å². The van der Waals surface area contributed by atoms with Crippen LogP contribution < -0.4 is 0 Å². The van der Waals surface area contributed by atoms with Crippen molar-refractivity contribution in [2.75, 3.05) is 46.4 Å². The normalized spacial score (nSPS) is 20.6. The van der Waals surface area contributed by atoms with E-state index in [-0.39, 0.29) is 12.6 Å². The molecule has 1 aliphatic heterocycles. The van der Waals surface area contributed by atoms with Crippen LogP contribution in [0.5, 0.6) is 0 Å². The smallest absolute Gasteiger partial charge is 0.317 e. The molecule has 1 N–H and O–H groups in total. The second kappa shape index (κ2) is 8.78. The van der Waals surface area contributed by atoms with Crippen LogP contribution in [0.2, 0.25) is 0 Å². The molecule has 2 rings (SSSR count). The molecule has 1 saturated heterocycles. The summed E-state index contributed by atoms with van der Waals surface area (Å²) in [4.78, 5) is 15.0. The van der Waals surface area contributed by atoms with Crippen LogP contribution in [-0.2, 0) is 9.53 Å². The van der Waals surface area contributed by atoms with Gasteiger partial charge in [0.15, 0.2) is 0 Å². The van der Waals surface area contributed by atoms with E-state index in [0.717, 1.165) is 24.1 Å². The predicted octanol–water partition coefficient (Wildman–Crippen LogP) is 2.27. The molecule has 0 saturated carbocycles. The number of nitrogens with zero attached hydrogens (tertiary/aromatic N) is 2. The van der Waals surface area contributed by atoms with Crippen molar-refractivity contribution in [2.45, 2.75) is 18.9 Å². The van der Waals surface area contributed by atoms with Gasteiger partial charge in [0.2, 0.25) is 0 Å². The van der Waals surface area contributed by atoms with Gasteiger partial charge < -0.3 is 9.84 Å². The molecule has 1 fully saturated rings. The molecule has 0 amide bonds. The first kappa shape index (κ1) is 18.4. The third-order valence-corrected chi connectivity index (χ3v) is 4.59. The van der Waals surface area contributed by atoms with Crippen LogP contribution in [0.15, 0.2) is 28.7 Å². The number of carboxylic acids is 1. The Morgan fingerprint density at radius 1 is 1.57 bits per heavy atom. The molecule has 6 heteroatoms. The standard InChI is InChI=1S/C17H25BrN2O3/c1-13(14-4-3-5-15(18)8-14)9-20-6-7-23-16(11-20)10-19(2)12-17(21)22/h3-5,8,13,16H,6-7,9-12H2,1-2H3,(H,21,22). The van der Waals surface area contributed by atoms with Crippen molar-refractivity contribution >= 4 is 21.9 Å². The molecule has 2 unspecified atom stereocenters. The van der Waals surface area contributed by atoms with Crippen LogP contribution in [-0.4, -0.2) is 73.4 Å². The number of benzene rings is 1. The van der Waals surface area contributed by atoms with Crippen LogP contribution in [0, 0.1) is 0 Å². The molecule has 1 heterocycles. The van der Waals surface area contributed by atoms with Gasteiger partial charge in [-0.1, -0.05) is 35.0 Å². The molecular weight excluding hydrogens is 360 g/mol. The predicted molar refractivity (Wildman–Crippen MR) is 93.9 cm³/mol. The van der Waals surface area contributed by atoms with E-state index >= 15 is 0 Å². The minimum atomic E-state index is -0.802. The van der Waals surface area contributed by atoms with Gasteiger partial charge in [0.25, 0.3) is 0 Å². The summed E-state index contributed by atoms with van der Waals surface area (Å²) in [7, 11) is 1.82. The molecule has 0 aromatic heterocycles. The average molecular weight is 385 g/mol. The summed E-state index contributed by atoms with van der Waals surface area (Å²) in [5.74, 6) is -0.355. The lowest BCUT2D eigenvalue weighted by atomic mass is 10.0. The van der Waals surface area contributed by atoms with E-state index in [4.69, 9.17) is 9.84 Å². The molecule has 0 radical (unpaired) electrons. The second-order valence-corrected chi connectivity index (χ2v) is 7.21. The molecule has 2 atom stereocenters. The number of morpholine rings is 1. The maximum absolute atomic E-state index is 10.7. The van der Waals surface area contributed by atoms with Gasteiger partial charge in [-0.3, -0.25) is 14.6 Å². The molecule has 0 spiro atoms. The first-order chi connectivity index (χ1) is 10.9. The van der Waals surface area contributed by atoms with Crippen LogP contribution in [0.25, 0.3) is 0 Å². The Hall–Kier alpha value is -0.950. The molecular formula is C17H25BrN2O3. The maximum Gasteiger partial charge on any atom is 0.317 e. The highest BCUT2D eigenvalue weighted by Gasteiger charge is 2.23. The number of hydrogen-bond donors (Lipinski definition) is 1. The van der Waals surface area contributed by atoms with Gasteiger partial charge in [0, 0.05) is 30.7 Å². The van der Waals surface area contributed by atoms with Crippen molar-refractivity contribution in [3.63, 3.8) is 0 Å². The largest absolute Gasteiger partial charge is 0.480 e. The van der Waals surface area contributed by atoms with Crippen molar-refractivity contribution in [3.05, 3.63) is 34.3 Å². The molecule has 0 bridgehead atoms. The van der Waals surface area contributed by atoms with Crippen molar-refractivity contribution in [2.24, 2.45) is 0 Å². The minimum absolute atomic E-state index is 0.0499. The molecule has 1 aliphatic rings. The first-order valence-corrected chi connectivity index (χ1v) is 8.73. The summed E-state index contributed by atoms with van der Waals surface area (Å²) in [6.07, 6.45) is 0.0720. The number of carboxylic acid groups (broad SMARTS) is 1. The van der Waals surface area contributed by atoms with Crippen LogP contribution in [0.3, 0.4) is 0 Å². The molecule has 1 aromatic carbocycles. The van der Waals surface area contributed by atoms with E-state index in [9.17, 15) is 4.79 Å². The Labute approximate surface area is 146 Å². The monoisotopic (exact) mass is 384 g/mol. The van der Waals surface area contributed by atoms with Crippen molar-refractivity contribution in [1.29, 1.82) is 0 Å². The highest BCUT2D eigenvalue weighted by molar-refractivity contribution is 9.10. The Morgan fingerprint density at radius 2 is 2.35 bits per heavy atom. The second-order valence-electron chi connectivity index (χ2n) is 6.30. The topological polar surface area (TPSA) is 53.0 Å². The van der Waals surface area contributed by atoms with Crippen molar-refractivity contribution < 1.29 is 14.6 Å². The fourth-order valence-electron chi connectivity index (χ4n) is 3.01. The number of likely N-dealkylation sites (N-methyl/N-ethyl adjacent to an activating group) is 1. The number of rotatable bonds is 7. The molecule has 0 aliphatic carbocycles. The van der Waals surface area contributed by atoms with Gasteiger partial charge in [-0.05, 0) is 30.7 Å². The molecule has 23 heavy (non-hydrogen) atoms. The Kier molecular flexibility index (Phi) is 7.02. The van der Waals surface area contributed by atoms with Gasteiger partial charge >= 0.3 is 5.97 Å². The fourth-order valence-corrected chi connectivity index (χ4v) is 3.42. The quantitative estimate of drug-likeness (QED) is 0.781. The fraction of sp³-hybridized carbons (Fsp3) is 0.588. The van der Waals surface area contributed by atoms with Gasteiger partial charge in [-0.15, -0.1) is 0 Å². The zero-order valence-electron chi connectivity index (χ0n) is 13.7. The SMILES string of the molecule is CC(CN1CCOC(CN(C)CC(=O)O)C1)c1cccc(Br)c1. The Balaban J connectivity index is 1.84. The highest BCUT2D eigenvalue weighted by atomic mass is 79.9. The number of halogens is 1. The molecule has 5 nitrogen and oxygen atoms in total. The van der Waals surface area contributed by atoms with Gasteiger partial charge in [-0.2, -0.15) is 0 Å². The number of aliphatic carboxylic acids is 1. The van der Waals surface area contributed by atoms with Crippen LogP contribution in [0.4, 0.5) is 0 Å².